The zero-order valence-corrected chi connectivity index (χ0v) is 17.5. The smallest absolute Gasteiger partial charge is 0.242 e. The van der Waals surface area contributed by atoms with E-state index in [1.54, 1.807) is 4.90 Å². The van der Waals surface area contributed by atoms with Gasteiger partial charge in [0.05, 0.1) is 6.42 Å². The summed E-state index contributed by atoms with van der Waals surface area (Å²) in [7, 11) is 0. The van der Waals surface area contributed by atoms with Crippen LogP contribution >= 0.6 is 0 Å². The lowest BCUT2D eigenvalue weighted by molar-refractivity contribution is -0.140. The Bertz CT molecular complexity index is 783. The molecule has 0 heterocycles. The predicted molar refractivity (Wildman–Crippen MR) is 114 cm³/mol. The molecule has 4 heteroatoms. The second-order valence-corrected chi connectivity index (χ2v) is 7.33. The summed E-state index contributed by atoms with van der Waals surface area (Å²) in [5, 5.41) is 2.96. The van der Waals surface area contributed by atoms with E-state index in [-0.39, 0.29) is 11.8 Å². The number of aryl methyl sites for hydroxylation is 2. The van der Waals surface area contributed by atoms with Gasteiger partial charge in [0.1, 0.15) is 6.04 Å². The van der Waals surface area contributed by atoms with Gasteiger partial charge in [-0.1, -0.05) is 67.9 Å². The first-order valence-corrected chi connectivity index (χ1v) is 10.1. The summed E-state index contributed by atoms with van der Waals surface area (Å²) in [4.78, 5) is 27.7. The summed E-state index contributed by atoms with van der Waals surface area (Å²) < 4.78 is 0. The quantitative estimate of drug-likeness (QED) is 0.709. The van der Waals surface area contributed by atoms with E-state index in [1.807, 2.05) is 76.2 Å². The summed E-state index contributed by atoms with van der Waals surface area (Å²) in [6, 6.07) is 15.6. The van der Waals surface area contributed by atoms with Crippen LogP contribution in [-0.4, -0.2) is 29.3 Å². The molecule has 2 aromatic carbocycles. The maximum atomic E-state index is 13.2. The maximum absolute atomic E-state index is 13.2. The van der Waals surface area contributed by atoms with Gasteiger partial charge in [0.25, 0.3) is 0 Å². The van der Waals surface area contributed by atoms with E-state index in [0.717, 1.165) is 23.1 Å². The van der Waals surface area contributed by atoms with Gasteiger partial charge in [0.15, 0.2) is 0 Å². The van der Waals surface area contributed by atoms with E-state index in [2.05, 4.69) is 5.32 Å². The molecular formula is C24H32N2O2. The molecule has 0 radical (unpaired) electrons. The molecule has 0 aliphatic carbocycles. The number of hydrogen-bond acceptors (Lipinski definition) is 2. The summed E-state index contributed by atoms with van der Waals surface area (Å²) in [6.07, 6.45) is 1.75. The van der Waals surface area contributed by atoms with Crippen molar-refractivity contribution in [3.8, 4) is 0 Å². The van der Waals surface area contributed by atoms with E-state index >= 15 is 0 Å². The van der Waals surface area contributed by atoms with Crippen LogP contribution in [0.2, 0.25) is 0 Å². The Kier molecular flexibility index (Phi) is 8.24. The van der Waals surface area contributed by atoms with Gasteiger partial charge in [0, 0.05) is 13.1 Å². The maximum Gasteiger partial charge on any atom is 0.242 e. The Labute approximate surface area is 169 Å². The fraction of sp³-hybridized carbons (Fsp3) is 0.417. The fourth-order valence-corrected chi connectivity index (χ4v) is 3.24. The lowest BCUT2D eigenvalue weighted by atomic mass is 10.0. The fourth-order valence-electron chi connectivity index (χ4n) is 3.24. The summed E-state index contributed by atoms with van der Waals surface area (Å²) in [6.45, 7) is 9.11. The Morgan fingerprint density at radius 3 is 2.29 bits per heavy atom. The molecule has 150 valence electrons. The SMILES string of the molecule is CCCNC(=O)C(CC)N(Cc1ccccc1C)C(=O)Cc1ccc(C)cc1. The molecule has 0 aliphatic heterocycles. The van der Waals surface area contributed by atoms with Crippen molar-refractivity contribution in [3.05, 3.63) is 70.8 Å². The number of nitrogens with one attached hydrogen (secondary N) is 1. The van der Waals surface area contributed by atoms with Crippen LogP contribution in [0.15, 0.2) is 48.5 Å². The lowest BCUT2D eigenvalue weighted by Crippen LogP contribution is -2.49. The van der Waals surface area contributed by atoms with Crippen molar-refractivity contribution in [1.29, 1.82) is 0 Å². The van der Waals surface area contributed by atoms with Crippen molar-refractivity contribution in [2.75, 3.05) is 6.54 Å². The van der Waals surface area contributed by atoms with Crippen molar-refractivity contribution in [1.82, 2.24) is 10.2 Å². The van der Waals surface area contributed by atoms with Crippen molar-refractivity contribution >= 4 is 11.8 Å². The zero-order valence-electron chi connectivity index (χ0n) is 17.5. The molecular weight excluding hydrogens is 348 g/mol. The minimum atomic E-state index is -0.468. The summed E-state index contributed by atoms with van der Waals surface area (Å²) in [5.74, 6) is -0.0965. The van der Waals surface area contributed by atoms with Gasteiger partial charge in [-0.25, -0.2) is 0 Å². The van der Waals surface area contributed by atoms with E-state index < -0.39 is 6.04 Å². The van der Waals surface area contributed by atoms with E-state index in [1.165, 1.54) is 5.56 Å². The average molecular weight is 381 g/mol. The average Bonchev–Trinajstić information content (AvgIpc) is 2.69. The van der Waals surface area contributed by atoms with Crippen LogP contribution in [0.5, 0.6) is 0 Å². The molecule has 2 aromatic rings. The van der Waals surface area contributed by atoms with Crippen molar-refractivity contribution in [2.45, 2.75) is 59.5 Å². The van der Waals surface area contributed by atoms with Crippen molar-refractivity contribution < 1.29 is 9.59 Å². The van der Waals surface area contributed by atoms with Crippen molar-refractivity contribution in [3.63, 3.8) is 0 Å². The Morgan fingerprint density at radius 2 is 1.68 bits per heavy atom. The van der Waals surface area contributed by atoms with Gasteiger partial charge in [0.2, 0.25) is 11.8 Å². The van der Waals surface area contributed by atoms with Gasteiger partial charge in [-0.2, -0.15) is 0 Å². The Hall–Kier alpha value is -2.62. The van der Waals surface area contributed by atoms with Crippen LogP contribution in [0.25, 0.3) is 0 Å². The molecule has 28 heavy (non-hydrogen) atoms. The summed E-state index contributed by atoms with van der Waals surface area (Å²) >= 11 is 0. The largest absolute Gasteiger partial charge is 0.354 e. The monoisotopic (exact) mass is 380 g/mol. The Morgan fingerprint density at radius 1 is 1.00 bits per heavy atom. The number of carbonyl (C=O) groups is 2. The highest BCUT2D eigenvalue weighted by Gasteiger charge is 2.28. The van der Waals surface area contributed by atoms with Crippen LogP contribution in [0.3, 0.4) is 0 Å². The first-order chi connectivity index (χ1) is 13.5. The number of carbonyl (C=O) groups excluding carboxylic acids is 2. The molecule has 4 nitrogen and oxygen atoms in total. The van der Waals surface area contributed by atoms with Crippen molar-refractivity contribution in [2.24, 2.45) is 0 Å². The minimum Gasteiger partial charge on any atom is -0.354 e. The molecule has 0 saturated carbocycles. The number of hydrogen-bond donors (Lipinski definition) is 1. The number of amides is 2. The number of nitrogens with zero attached hydrogens (tertiary/aromatic N) is 1. The van der Waals surface area contributed by atoms with E-state index in [4.69, 9.17) is 0 Å². The first kappa shape index (κ1) is 21.7. The van der Waals surface area contributed by atoms with Gasteiger partial charge in [-0.3, -0.25) is 9.59 Å². The standard InChI is InChI=1S/C24H32N2O2/c1-5-15-25-24(28)22(6-2)26(17-21-10-8-7-9-19(21)4)23(27)16-20-13-11-18(3)12-14-20/h7-14,22H,5-6,15-17H2,1-4H3,(H,25,28). The molecule has 0 aromatic heterocycles. The van der Waals surface area contributed by atoms with Gasteiger partial charge in [-0.15, -0.1) is 0 Å². The highest BCUT2D eigenvalue weighted by molar-refractivity contribution is 5.88. The number of benzene rings is 2. The molecule has 0 fully saturated rings. The molecule has 0 bridgehead atoms. The van der Waals surface area contributed by atoms with Crippen LogP contribution < -0.4 is 5.32 Å². The molecule has 0 saturated heterocycles. The van der Waals surface area contributed by atoms with E-state index in [9.17, 15) is 9.59 Å². The van der Waals surface area contributed by atoms with Crippen LogP contribution in [0.4, 0.5) is 0 Å². The third-order valence-electron chi connectivity index (χ3n) is 5.01. The van der Waals surface area contributed by atoms with Crippen LogP contribution in [0, 0.1) is 13.8 Å². The number of rotatable bonds is 9. The minimum absolute atomic E-state index is 0.0226. The lowest BCUT2D eigenvalue weighted by Gasteiger charge is -2.31. The third kappa shape index (κ3) is 5.95. The highest BCUT2D eigenvalue weighted by Crippen LogP contribution is 2.17. The molecule has 0 aliphatic rings. The second-order valence-electron chi connectivity index (χ2n) is 7.33. The van der Waals surface area contributed by atoms with Gasteiger partial charge in [-0.05, 0) is 43.4 Å². The van der Waals surface area contributed by atoms with Gasteiger partial charge >= 0.3 is 0 Å². The molecule has 0 spiro atoms. The van der Waals surface area contributed by atoms with Gasteiger partial charge < -0.3 is 10.2 Å². The molecule has 1 N–H and O–H groups in total. The predicted octanol–water partition coefficient (Wildman–Crippen LogP) is 4.18. The summed E-state index contributed by atoms with van der Waals surface area (Å²) in [5.41, 5.74) is 4.33. The van der Waals surface area contributed by atoms with E-state index in [0.29, 0.717) is 25.9 Å². The first-order valence-electron chi connectivity index (χ1n) is 10.1. The normalized spacial score (nSPS) is 11.7. The highest BCUT2D eigenvalue weighted by atomic mass is 16.2. The Balaban J connectivity index is 2.27. The molecule has 1 atom stereocenters. The van der Waals surface area contributed by atoms with Crippen LogP contribution in [0.1, 0.15) is 48.9 Å². The van der Waals surface area contributed by atoms with Crippen LogP contribution in [-0.2, 0) is 22.6 Å². The molecule has 2 rings (SSSR count). The zero-order chi connectivity index (χ0) is 20.5. The topological polar surface area (TPSA) is 49.4 Å². The molecule has 2 amide bonds. The molecule has 1 unspecified atom stereocenters. The third-order valence-corrected chi connectivity index (χ3v) is 5.01. The second kappa shape index (κ2) is 10.6.